The van der Waals surface area contributed by atoms with Crippen molar-refractivity contribution >= 4 is 16.9 Å². The Balaban J connectivity index is 1.34. The van der Waals surface area contributed by atoms with Crippen LogP contribution in [0, 0.1) is 0 Å². The summed E-state index contributed by atoms with van der Waals surface area (Å²) in [5, 5.41) is 2.04. The summed E-state index contributed by atoms with van der Waals surface area (Å²) in [7, 11) is 1.63. The van der Waals surface area contributed by atoms with Gasteiger partial charge in [0, 0.05) is 6.54 Å². The molecule has 29 heavy (non-hydrogen) atoms. The molecule has 0 aliphatic carbocycles. The Labute approximate surface area is 169 Å². The van der Waals surface area contributed by atoms with Crippen molar-refractivity contribution in [2.45, 2.75) is 18.3 Å². The van der Waals surface area contributed by atoms with Gasteiger partial charge < -0.3 is 24.7 Å². The van der Waals surface area contributed by atoms with Gasteiger partial charge in [0.05, 0.1) is 7.11 Å². The van der Waals surface area contributed by atoms with Crippen LogP contribution in [0.15, 0.2) is 66.7 Å². The number of ether oxygens (including phenoxy) is 4. The molecule has 0 unspecified atom stereocenters. The number of carbonyl (C=O) groups excluding carboxylic acids is 1. The van der Waals surface area contributed by atoms with E-state index in [1.165, 1.54) is 0 Å². The molecule has 0 aromatic heterocycles. The van der Waals surface area contributed by atoms with Gasteiger partial charge in [0.25, 0.3) is 0 Å². The molecule has 6 nitrogen and oxygen atoms in total. The summed E-state index contributed by atoms with van der Waals surface area (Å²) in [6.07, 6.45) is -1.51. The summed E-state index contributed by atoms with van der Waals surface area (Å²) in [4.78, 5) is 12.1. The topological polar surface area (TPSA) is 83.3 Å². The van der Waals surface area contributed by atoms with Crippen LogP contribution in [0.3, 0.4) is 0 Å². The summed E-state index contributed by atoms with van der Waals surface area (Å²) >= 11 is 0. The molecule has 4 rings (SSSR count). The van der Waals surface area contributed by atoms with E-state index in [-0.39, 0.29) is 25.4 Å². The summed E-state index contributed by atoms with van der Waals surface area (Å²) in [6, 6.07) is 21.4. The Morgan fingerprint density at radius 3 is 2.59 bits per heavy atom. The highest BCUT2D eigenvalue weighted by Gasteiger charge is 2.41. The van der Waals surface area contributed by atoms with Crippen LogP contribution in [0.2, 0.25) is 0 Å². The van der Waals surface area contributed by atoms with Crippen molar-refractivity contribution in [1.82, 2.24) is 0 Å². The lowest BCUT2D eigenvalue weighted by Gasteiger charge is -2.17. The fourth-order valence-corrected chi connectivity index (χ4v) is 3.33. The van der Waals surface area contributed by atoms with E-state index in [9.17, 15) is 4.79 Å². The molecule has 6 heteroatoms. The minimum Gasteiger partial charge on any atom is -0.497 e. The Kier molecular flexibility index (Phi) is 5.64. The Hall–Kier alpha value is -3.09. The van der Waals surface area contributed by atoms with Crippen LogP contribution >= 0.6 is 0 Å². The maximum atomic E-state index is 12.1. The standard InChI is InChI=1S/C23H23NO5/c1-26-19-10-9-16-11-18(8-7-17(16)12-19)20(13-24)29-23(25)27-14-21-22(28-21)15-5-3-2-4-6-15/h2-12,20-22H,13-14,24H2,1H3/t20-,21-,22+/m0/s1. The molecule has 0 radical (unpaired) electrons. The van der Waals surface area contributed by atoms with Gasteiger partial charge in [0.2, 0.25) is 0 Å². The Morgan fingerprint density at radius 2 is 1.83 bits per heavy atom. The van der Waals surface area contributed by atoms with Crippen LogP contribution in [0.5, 0.6) is 5.75 Å². The Bertz CT molecular complexity index is 991. The van der Waals surface area contributed by atoms with E-state index >= 15 is 0 Å². The second-order valence-corrected chi connectivity index (χ2v) is 6.88. The number of hydrogen-bond donors (Lipinski definition) is 1. The summed E-state index contributed by atoms with van der Waals surface area (Å²) < 4.78 is 21.5. The largest absolute Gasteiger partial charge is 0.509 e. The number of benzene rings is 3. The highest BCUT2D eigenvalue weighted by molar-refractivity contribution is 5.84. The van der Waals surface area contributed by atoms with Gasteiger partial charge in [-0.2, -0.15) is 0 Å². The number of carbonyl (C=O) groups is 1. The second kappa shape index (κ2) is 8.51. The smallest absolute Gasteiger partial charge is 0.497 e. The fourth-order valence-electron chi connectivity index (χ4n) is 3.33. The predicted octanol–water partition coefficient (Wildman–Crippen LogP) is 4.14. The third kappa shape index (κ3) is 4.50. The molecule has 3 atom stereocenters. The average Bonchev–Trinajstić information content (AvgIpc) is 3.55. The monoisotopic (exact) mass is 393 g/mol. The molecule has 150 valence electrons. The first kappa shape index (κ1) is 19.2. The molecule has 0 spiro atoms. The molecule has 1 heterocycles. The average molecular weight is 393 g/mol. The normalized spacial score (nSPS) is 18.8. The molecular formula is C23H23NO5. The first-order valence-corrected chi connectivity index (χ1v) is 9.49. The van der Waals surface area contributed by atoms with Crippen LogP contribution in [0.1, 0.15) is 23.3 Å². The maximum Gasteiger partial charge on any atom is 0.509 e. The zero-order valence-corrected chi connectivity index (χ0v) is 16.1. The number of hydrogen-bond acceptors (Lipinski definition) is 6. The highest BCUT2D eigenvalue weighted by atomic mass is 16.7. The summed E-state index contributed by atoms with van der Waals surface area (Å²) in [5.74, 6) is 0.788. The van der Waals surface area contributed by atoms with Crippen molar-refractivity contribution in [2.75, 3.05) is 20.3 Å². The molecule has 1 aliphatic heterocycles. The van der Waals surface area contributed by atoms with E-state index in [0.717, 1.165) is 27.6 Å². The minimum absolute atomic E-state index is 0.0354. The van der Waals surface area contributed by atoms with Crippen LogP contribution < -0.4 is 10.5 Å². The molecule has 1 saturated heterocycles. The highest BCUT2D eigenvalue weighted by Crippen LogP contribution is 2.38. The molecule has 1 fully saturated rings. The van der Waals surface area contributed by atoms with Gasteiger partial charge in [0.1, 0.15) is 30.7 Å². The van der Waals surface area contributed by atoms with Crippen molar-refractivity contribution in [1.29, 1.82) is 0 Å². The molecule has 2 N–H and O–H groups in total. The van der Waals surface area contributed by atoms with Crippen LogP contribution in [-0.2, 0) is 14.2 Å². The van der Waals surface area contributed by atoms with E-state index in [2.05, 4.69) is 0 Å². The number of methoxy groups -OCH3 is 1. The van der Waals surface area contributed by atoms with E-state index < -0.39 is 12.3 Å². The van der Waals surface area contributed by atoms with Gasteiger partial charge in [-0.1, -0.05) is 48.5 Å². The third-order valence-corrected chi connectivity index (χ3v) is 4.97. The zero-order chi connectivity index (χ0) is 20.2. The van der Waals surface area contributed by atoms with E-state index in [4.69, 9.17) is 24.7 Å². The van der Waals surface area contributed by atoms with Crippen LogP contribution in [0.4, 0.5) is 4.79 Å². The molecule has 0 amide bonds. The SMILES string of the molecule is COc1ccc2cc([C@H](CN)OC(=O)OC[C@@H]3O[C@@H]3c3ccccc3)ccc2c1. The third-order valence-electron chi connectivity index (χ3n) is 4.97. The van der Waals surface area contributed by atoms with Gasteiger partial charge in [-0.25, -0.2) is 4.79 Å². The lowest BCUT2D eigenvalue weighted by atomic mass is 10.0. The lowest BCUT2D eigenvalue weighted by Crippen LogP contribution is -2.21. The molecule has 0 bridgehead atoms. The summed E-state index contributed by atoms with van der Waals surface area (Å²) in [6.45, 7) is 0.302. The fraction of sp³-hybridized carbons (Fsp3) is 0.261. The molecule has 3 aromatic carbocycles. The van der Waals surface area contributed by atoms with Crippen molar-refractivity contribution < 1.29 is 23.7 Å². The molecule has 1 aliphatic rings. The summed E-state index contributed by atoms with van der Waals surface area (Å²) in [5.41, 5.74) is 7.72. The number of nitrogens with two attached hydrogens (primary N) is 1. The Morgan fingerprint density at radius 1 is 1.07 bits per heavy atom. The number of rotatable bonds is 7. The van der Waals surface area contributed by atoms with Gasteiger partial charge in [-0.3, -0.25) is 0 Å². The quantitative estimate of drug-likeness (QED) is 0.480. The van der Waals surface area contributed by atoms with Crippen molar-refractivity contribution in [2.24, 2.45) is 5.73 Å². The number of epoxide rings is 1. The molecule has 0 saturated carbocycles. The van der Waals surface area contributed by atoms with Gasteiger partial charge in [-0.05, 0) is 40.1 Å². The lowest BCUT2D eigenvalue weighted by molar-refractivity contribution is 0.0220. The van der Waals surface area contributed by atoms with Gasteiger partial charge >= 0.3 is 6.16 Å². The first-order valence-electron chi connectivity index (χ1n) is 9.49. The molecular weight excluding hydrogens is 370 g/mol. The van der Waals surface area contributed by atoms with Crippen molar-refractivity contribution in [3.8, 4) is 5.75 Å². The number of fused-ring (bicyclic) bond motifs is 1. The molecule has 3 aromatic rings. The second-order valence-electron chi connectivity index (χ2n) is 6.88. The van der Waals surface area contributed by atoms with E-state index in [1.54, 1.807) is 7.11 Å². The van der Waals surface area contributed by atoms with E-state index in [0.29, 0.717) is 0 Å². The van der Waals surface area contributed by atoms with Gasteiger partial charge in [0.15, 0.2) is 0 Å². The predicted molar refractivity (Wildman–Crippen MR) is 109 cm³/mol. The van der Waals surface area contributed by atoms with Gasteiger partial charge in [-0.15, -0.1) is 0 Å². The van der Waals surface area contributed by atoms with Crippen LogP contribution in [-0.4, -0.2) is 32.5 Å². The van der Waals surface area contributed by atoms with Crippen molar-refractivity contribution in [3.05, 3.63) is 77.9 Å². The maximum absolute atomic E-state index is 12.1. The van der Waals surface area contributed by atoms with E-state index in [1.807, 2.05) is 66.7 Å². The van der Waals surface area contributed by atoms with Crippen LogP contribution in [0.25, 0.3) is 10.8 Å². The zero-order valence-electron chi connectivity index (χ0n) is 16.1. The van der Waals surface area contributed by atoms with Crippen molar-refractivity contribution in [3.63, 3.8) is 0 Å². The first-order chi connectivity index (χ1) is 14.2. The minimum atomic E-state index is -0.752.